The molecule has 3 rings (SSSR count). The van der Waals surface area contributed by atoms with E-state index in [0.29, 0.717) is 11.4 Å². The first-order chi connectivity index (χ1) is 13.4. The molecule has 3 N–H and O–H groups in total. The first-order valence-corrected chi connectivity index (χ1v) is 11.2. The van der Waals surface area contributed by atoms with Gasteiger partial charge in [0.2, 0.25) is 15.7 Å². The second-order valence-electron chi connectivity index (χ2n) is 5.40. The van der Waals surface area contributed by atoms with E-state index in [4.69, 9.17) is 10.5 Å². The van der Waals surface area contributed by atoms with Crippen LogP contribution >= 0.6 is 23.1 Å². The molecule has 1 amide bonds. The van der Waals surface area contributed by atoms with Gasteiger partial charge in [-0.3, -0.25) is 4.79 Å². The molecule has 0 spiro atoms. The number of nitrogens with two attached hydrogens (primary N) is 1. The summed E-state index contributed by atoms with van der Waals surface area (Å²) in [5.74, 6) is 0.325. The fourth-order valence-corrected chi connectivity index (χ4v) is 5.17. The predicted octanol–water partition coefficient (Wildman–Crippen LogP) is 2.69. The molecule has 0 aliphatic rings. The van der Waals surface area contributed by atoms with Crippen molar-refractivity contribution in [3.8, 4) is 5.75 Å². The monoisotopic (exact) mass is 436 g/mol. The van der Waals surface area contributed by atoms with E-state index in [1.807, 2.05) is 0 Å². The van der Waals surface area contributed by atoms with E-state index in [1.54, 1.807) is 42.8 Å². The first kappa shape index (κ1) is 20.1. The lowest BCUT2D eigenvalue weighted by atomic mass is 10.3. The van der Waals surface area contributed by atoms with E-state index >= 15 is 0 Å². The maximum Gasteiger partial charge on any atom is 0.234 e. The van der Waals surface area contributed by atoms with Crippen LogP contribution in [0.15, 0.2) is 62.2 Å². The molecule has 8 nitrogen and oxygen atoms in total. The molecule has 0 aliphatic heterocycles. The third-order valence-corrected chi connectivity index (χ3v) is 7.55. The molecule has 3 aromatic rings. The number of nitrogens with zero attached hydrogens (tertiary/aromatic N) is 2. The zero-order valence-corrected chi connectivity index (χ0v) is 17.1. The smallest absolute Gasteiger partial charge is 0.234 e. The quantitative estimate of drug-likeness (QED) is 0.428. The first-order valence-electron chi connectivity index (χ1n) is 7.88. The number of rotatable bonds is 7. The zero-order valence-electron chi connectivity index (χ0n) is 14.7. The molecular formula is C17H16N4O4S3. The van der Waals surface area contributed by atoms with Gasteiger partial charge in [-0.25, -0.2) is 18.4 Å². The molecule has 0 bridgehead atoms. The normalized spacial score (nSPS) is 11.2. The Morgan fingerprint density at radius 3 is 2.64 bits per heavy atom. The van der Waals surface area contributed by atoms with Gasteiger partial charge >= 0.3 is 0 Å². The number of methoxy groups -OCH3 is 1. The standard InChI is InChI=1S/C17H16N4O4S3/c1-25-12-6-4-11(5-7-12)20-14(22)10-27-17-19-9-13(16(18)21-17)28(23,24)15-3-2-8-26-15/h2-9H,10H2,1H3,(H,20,22)(H2,18,19,21). The van der Waals surface area contributed by atoms with Gasteiger partial charge in [-0.15, -0.1) is 11.3 Å². The SMILES string of the molecule is COc1ccc(NC(=O)CSc2ncc(S(=O)(=O)c3cccs3)c(N)n2)cc1. The number of ether oxygens (including phenoxy) is 1. The van der Waals surface area contributed by atoms with Crippen molar-refractivity contribution in [3.63, 3.8) is 0 Å². The lowest BCUT2D eigenvalue weighted by molar-refractivity contribution is -0.113. The zero-order chi connectivity index (χ0) is 20.1. The molecule has 11 heteroatoms. The van der Waals surface area contributed by atoms with Crippen LogP contribution in [0.3, 0.4) is 0 Å². The maximum absolute atomic E-state index is 12.5. The minimum absolute atomic E-state index is 0.0441. The molecule has 0 aliphatic carbocycles. The largest absolute Gasteiger partial charge is 0.497 e. The van der Waals surface area contributed by atoms with E-state index in [9.17, 15) is 13.2 Å². The van der Waals surface area contributed by atoms with E-state index in [2.05, 4.69) is 15.3 Å². The van der Waals surface area contributed by atoms with Crippen LogP contribution in [0.25, 0.3) is 0 Å². The fraction of sp³-hybridized carbons (Fsp3) is 0.118. The summed E-state index contributed by atoms with van der Waals surface area (Å²) in [7, 11) is -2.19. The molecule has 0 radical (unpaired) electrons. The highest BCUT2D eigenvalue weighted by Gasteiger charge is 2.23. The number of hydrogen-bond acceptors (Lipinski definition) is 9. The summed E-state index contributed by atoms with van der Waals surface area (Å²) in [6, 6.07) is 10.0. The van der Waals surface area contributed by atoms with E-state index in [1.165, 1.54) is 12.3 Å². The molecule has 2 aromatic heterocycles. The Labute approximate surface area is 170 Å². The summed E-state index contributed by atoms with van der Waals surface area (Å²) >= 11 is 2.15. The minimum atomic E-state index is -3.75. The van der Waals surface area contributed by atoms with Crippen LogP contribution in [0, 0.1) is 0 Å². The van der Waals surface area contributed by atoms with Gasteiger partial charge < -0.3 is 15.8 Å². The number of carbonyl (C=O) groups excluding carboxylic acids is 1. The molecule has 0 saturated carbocycles. The molecule has 28 heavy (non-hydrogen) atoms. The van der Waals surface area contributed by atoms with Gasteiger partial charge in [0.15, 0.2) is 5.16 Å². The number of aromatic nitrogens is 2. The number of benzene rings is 1. The fourth-order valence-electron chi connectivity index (χ4n) is 2.17. The predicted molar refractivity (Wildman–Crippen MR) is 109 cm³/mol. The van der Waals surface area contributed by atoms with Gasteiger partial charge in [0.05, 0.1) is 19.1 Å². The van der Waals surface area contributed by atoms with Gasteiger partial charge in [0.25, 0.3) is 0 Å². The maximum atomic E-state index is 12.5. The summed E-state index contributed by atoms with van der Waals surface area (Å²) in [5.41, 5.74) is 6.45. The van der Waals surface area contributed by atoms with Crippen LogP contribution in [0.4, 0.5) is 11.5 Å². The highest BCUT2D eigenvalue weighted by atomic mass is 32.2. The molecule has 0 saturated heterocycles. The van der Waals surface area contributed by atoms with Crippen LogP contribution in [0.1, 0.15) is 0 Å². The number of hydrogen-bond donors (Lipinski definition) is 2. The lowest BCUT2D eigenvalue weighted by Gasteiger charge is -2.07. The van der Waals surface area contributed by atoms with Crippen molar-refractivity contribution < 1.29 is 17.9 Å². The Morgan fingerprint density at radius 2 is 2.04 bits per heavy atom. The van der Waals surface area contributed by atoms with Gasteiger partial charge in [0.1, 0.15) is 20.7 Å². The highest BCUT2D eigenvalue weighted by Crippen LogP contribution is 2.28. The number of thioether (sulfide) groups is 1. The summed E-state index contributed by atoms with van der Waals surface area (Å²) in [6.07, 6.45) is 1.17. The van der Waals surface area contributed by atoms with E-state index < -0.39 is 9.84 Å². The number of anilines is 2. The van der Waals surface area contributed by atoms with Crippen LogP contribution in [0.5, 0.6) is 5.75 Å². The minimum Gasteiger partial charge on any atom is -0.497 e. The van der Waals surface area contributed by atoms with Crippen molar-refractivity contribution in [2.24, 2.45) is 0 Å². The Bertz CT molecular complexity index is 1070. The van der Waals surface area contributed by atoms with Gasteiger partial charge in [-0.05, 0) is 35.7 Å². The van der Waals surface area contributed by atoms with Gasteiger partial charge in [0, 0.05) is 5.69 Å². The molecule has 0 atom stereocenters. The molecule has 0 fully saturated rings. The van der Waals surface area contributed by atoms with Crippen molar-refractivity contribution in [2.75, 3.05) is 23.9 Å². The number of amides is 1. The second kappa shape index (κ2) is 8.59. The summed E-state index contributed by atoms with van der Waals surface area (Å²) in [5, 5.41) is 4.61. The third kappa shape index (κ3) is 4.61. The number of sulfone groups is 1. The van der Waals surface area contributed by atoms with Crippen molar-refractivity contribution >= 4 is 50.3 Å². The number of thiophene rings is 1. The Balaban J connectivity index is 1.63. The highest BCUT2D eigenvalue weighted by molar-refractivity contribution is 7.99. The van der Waals surface area contributed by atoms with Crippen molar-refractivity contribution in [1.29, 1.82) is 0 Å². The van der Waals surface area contributed by atoms with Crippen LogP contribution in [-0.2, 0) is 14.6 Å². The Morgan fingerprint density at radius 1 is 1.29 bits per heavy atom. The van der Waals surface area contributed by atoms with Crippen LogP contribution in [0.2, 0.25) is 0 Å². The number of nitrogens with one attached hydrogen (secondary N) is 1. The number of nitrogen functional groups attached to an aromatic ring is 1. The van der Waals surface area contributed by atoms with Crippen LogP contribution in [-0.4, -0.2) is 37.2 Å². The van der Waals surface area contributed by atoms with E-state index in [-0.39, 0.29) is 31.7 Å². The van der Waals surface area contributed by atoms with Gasteiger partial charge in [-0.1, -0.05) is 17.8 Å². The molecule has 0 unspecified atom stereocenters. The molecule has 146 valence electrons. The third-order valence-electron chi connectivity index (χ3n) is 3.52. The average Bonchev–Trinajstić information content (AvgIpc) is 3.22. The van der Waals surface area contributed by atoms with Gasteiger partial charge in [-0.2, -0.15) is 0 Å². The lowest BCUT2D eigenvalue weighted by Crippen LogP contribution is -2.14. The van der Waals surface area contributed by atoms with Crippen molar-refractivity contribution in [2.45, 2.75) is 14.3 Å². The topological polar surface area (TPSA) is 124 Å². The Kier molecular flexibility index (Phi) is 6.17. The second-order valence-corrected chi connectivity index (χ2v) is 9.44. The molecular weight excluding hydrogens is 420 g/mol. The summed E-state index contributed by atoms with van der Waals surface area (Å²) < 4.78 is 30.3. The van der Waals surface area contributed by atoms with E-state index in [0.717, 1.165) is 23.1 Å². The summed E-state index contributed by atoms with van der Waals surface area (Å²) in [6.45, 7) is 0. The summed E-state index contributed by atoms with van der Waals surface area (Å²) in [4.78, 5) is 19.9. The number of carbonyl (C=O) groups is 1. The molecule has 2 heterocycles. The van der Waals surface area contributed by atoms with Crippen molar-refractivity contribution in [1.82, 2.24) is 9.97 Å². The molecule has 1 aromatic carbocycles. The van der Waals surface area contributed by atoms with Crippen LogP contribution < -0.4 is 15.8 Å². The average molecular weight is 437 g/mol. The Hall–Kier alpha value is -2.63. The van der Waals surface area contributed by atoms with Crippen molar-refractivity contribution in [3.05, 3.63) is 48.0 Å².